The van der Waals surface area contributed by atoms with E-state index < -0.39 is 0 Å². The van der Waals surface area contributed by atoms with Gasteiger partial charge in [0.2, 0.25) is 0 Å². The Kier molecular flexibility index (Phi) is 2.75. The van der Waals surface area contributed by atoms with E-state index in [-0.39, 0.29) is 17.5 Å². The van der Waals surface area contributed by atoms with Crippen LogP contribution in [0.15, 0.2) is 42.6 Å². The first kappa shape index (κ1) is 12.3. The van der Waals surface area contributed by atoms with Crippen molar-refractivity contribution in [3.05, 3.63) is 53.9 Å². The predicted molar refractivity (Wildman–Crippen MR) is 76.1 cm³/mol. The number of pyridine rings is 1. The number of benzene rings is 1. The van der Waals surface area contributed by atoms with Gasteiger partial charge in [0.15, 0.2) is 0 Å². The van der Waals surface area contributed by atoms with Crippen LogP contribution in [0.4, 0.5) is 11.4 Å². The normalized spacial score (nSPS) is 13.6. The van der Waals surface area contributed by atoms with Gasteiger partial charge in [-0.05, 0) is 36.4 Å². The van der Waals surface area contributed by atoms with E-state index in [1.165, 1.54) is 6.20 Å². The van der Waals surface area contributed by atoms with E-state index in [0.717, 1.165) is 10.6 Å². The number of nitrogens with zero attached hydrogens (tertiary/aromatic N) is 3. The van der Waals surface area contributed by atoms with Gasteiger partial charge in [0, 0.05) is 26.0 Å². The molecule has 1 aromatic heterocycles. The molecular weight excluding hydrogens is 254 g/mol. The maximum Gasteiger partial charge on any atom is 0.284 e. The lowest BCUT2D eigenvalue weighted by Gasteiger charge is -2.16. The van der Waals surface area contributed by atoms with Gasteiger partial charge < -0.3 is 4.90 Å². The molecule has 0 unspecified atom stereocenters. The van der Waals surface area contributed by atoms with Crippen LogP contribution in [0.3, 0.4) is 0 Å². The molecule has 0 saturated heterocycles. The number of anilines is 2. The maximum atomic E-state index is 12.3. The lowest BCUT2D eigenvalue weighted by Crippen LogP contribution is -2.29. The lowest BCUT2D eigenvalue weighted by atomic mass is 10.2. The van der Waals surface area contributed by atoms with E-state index in [4.69, 9.17) is 0 Å². The third kappa shape index (κ3) is 1.75. The number of fused-ring (bicyclic) bond motifs is 1. The molecule has 5 nitrogen and oxygen atoms in total. The average Bonchev–Trinajstić information content (AvgIpc) is 2.72. The molecule has 2 heterocycles. The summed E-state index contributed by atoms with van der Waals surface area (Å²) in [6.45, 7) is 0. The van der Waals surface area contributed by atoms with E-state index >= 15 is 0 Å². The Hall–Kier alpha value is -2.69. The van der Waals surface area contributed by atoms with Crippen molar-refractivity contribution in [2.45, 2.75) is 0 Å². The van der Waals surface area contributed by atoms with Crippen molar-refractivity contribution >= 4 is 23.2 Å². The Balaban J connectivity index is 2.00. The molecule has 20 heavy (non-hydrogen) atoms. The summed E-state index contributed by atoms with van der Waals surface area (Å²) in [4.78, 5) is 31.6. The molecule has 0 saturated carbocycles. The van der Waals surface area contributed by atoms with E-state index in [2.05, 4.69) is 4.98 Å². The Labute approximate surface area is 116 Å². The van der Waals surface area contributed by atoms with Crippen molar-refractivity contribution in [3.63, 3.8) is 0 Å². The number of imide groups is 1. The minimum atomic E-state index is -0.372. The highest BCUT2D eigenvalue weighted by atomic mass is 16.2. The van der Waals surface area contributed by atoms with Gasteiger partial charge in [0.25, 0.3) is 11.8 Å². The Morgan fingerprint density at radius 1 is 1.00 bits per heavy atom. The SMILES string of the molecule is CN(C)c1ccc(N2C(=O)c3cccnc3C2=O)cc1. The van der Waals surface area contributed by atoms with Gasteiger partial charge in [0.05, 0.1) is 11.3 Å². The molecule has 0 aliphatic carbocycles. The second-order valence-electron chi connectivity index (χ2n) is 4.76. The quantitative estimate of drug-likeness (QED) is 0.780. The van der Waals surface area contributed by atoms with Gasteiger partial charge in [-0.15, -0.1) is 0 Å². The molecule has 1 aliphatic heterocycles. The minimum absolute atomic E-state index is 0.217. The third-order valence-electron chi connectivity index (χ3n) is 3.27. The van der Waals surface area contributed by atoms with Crippen LogP contribution >= 0.6 is 0 Å². The fraction of sp³-hybridized carbons (Fsp3) is 0.133. The average molecular weight is 267 g/mol. The summed E-state index contributed by atoms with van der Waals surface area (Å²) in [5, 5.41) is 0. The van der Waals surface area contributed by atoms with Gasteiger partial charge in [-0.1, -0.05) is 0 Å². The molecule has 1 aromatic carbocycles. The molecule has 2 aromatic rings. The predicted octanol–water partition coefficient (Wildman–Crippen LogP) is 1.95. The summed E-state index contributed by atoms with van der Waals surface area (Å²) < 4.78 is 0. The van der Waals surface area contributed by atoms with Crippen molar-refractivity contribution in [2.75, 3.05) is 23.9 Å². The summed E-state index contributed by atoms with van der Waals surface area (Å²) in [6.07, 6.45) is 1.52. The largest absolute Gasteiger partial charge is 0.378 e. The van der Waals surface area contributed by atoms with Gasteiger partial charge >= 0.3 is 0 Å². The lowest BCUT2D eigenvalue weighted by molar-refractivity contribution is 0.0924. The number of rotatable bonds is 2. The number of hydrogen-bond acceptors (Lipinski definition) is 4. The van der Waals surface area contributed by atoms with Crippen LogP contribution < -0.4 is 9.80 Å². The van der Waals surface area contributed by atoms with E-state index in [1.54, 1.807) is 24.3 Å². The van der Waals surface area contributed by atoms with Gasteiger partial charge in [0.1, 0.15) is 5.69 Å². The highest BCUT2D eigenvalue weighted by Crippen LogP contribution is 2.28. The molecule has 0 bridgehead atoms. The minimum Gasteiger partial charge on any atom is -0.378 e. The maximum absolute atomic E-state index is 12.3. The monoisotopic (exact) mass is 267 g/mol. The van der Waals surface area contributed by atoms with Crippen LogP contribution in [0.25, 0.3) is 0 Å². The van der Waals surface area contributed by atoms with Crippen LogP contribution in [-0.4, -0.2) is 30.9 Å². The smallest absolute Gasteiger partial charge is 0.284 e. The molecule has 0 fully saturated rings. The summed E-state index contributed by atoms with van der Waals surface area (Å²) in [7, 11) is 3.86. The zero-order chi connectivity index (χ0) is 14.3. The summed E-state index contributed by atoms with van der Waals surface area (Å²) in [5.74, 6) is -0.695. The van der Waals surface area contributed by atoms with Crippen molar-refractivity contribution in [1.82, 2.24) is 4.98 Å². The topological polar surface area (TPSA) is 53.5 Å². The van der Waals surface area contributed by atoms with Gasteiger partial charge in [-0.3, -0.25) is 14.6 Å². The van der Waals surface area contributed by atoms with E-state index in [0.29, 0.717) is 11.3 Å². The molecular formula is C15H13N3O2. The van der Waals surface area contributed by atoms with Crippen LogP contribution in [0.5, 0.6) is 0 Å². The van der Waals surface area contributed by atoms with Crippen molar-refractivity contribution < 1.29 is 9.59 Å². The third-order valence-corrected chi connectivity index (χ3v) is 3.27. The zero-order valence-corrected chi connectivity index (χ0v) is 11.2. The summed E-state index contributed by atoms with van der Waals surface area (Å²) in [6, 6.07) is 10.5. The molecule has 0 spiro atoms. The van der Waals surface area contributed by atoms with Crippen molar-refractivity contribution in [3.8, 4) is 0 Å². The standard InChI is InChI=1S/C15H13N3O2/c1-17(2)10-5-7-11(8-6-10)18-14(19)12-4-3-9-16-13(12)15(18)20/h3-9H,1-2H3. The number of amides is 2. The molecule has 0 atom stereocenters. The molecule has 0 radical (unpaired) electrons. The first-order valence-electron chi connectivity index (χ1n) is 6.21. The number of aromatic nitrogens is 1. The molecule has 100 valence electrons. The second-order valence-corrected chi connectivity index (χ2v) is 4.76. The molecule has 3 rings (SSSR count). The molecule has 5 heteroatoms. The van der Waals surface area contributed by atoms with Crippen LogP contribution in [0, 0.1) is 0 Å². The highest BCUT2D eigenvalue weighted by molar-refractivity contribution is 6.33. The van der Waals surface area contributed by atoms with E-state index in [9.17, 15) is 9.59 Å². The first-order chi connectivity index (χ1) is 9.59. The molecule has 2 amide bonds. The number of hydrogen-bond donors (Lipinski definition) is 0. The van der Waals surface area contributed by atoms with Crippen LogP contribution in [0.2, 0.25) is 0 Å². The summed E-state index contributed by atoms with van der Waals surface area (Å²) in [5.41, 5.74) is 2.13. The fourth-order valence-corrected chi connectivity index (χ4v) is 2.20. The Morgan fingerprint density at radius 2 is 1.70 bits per heavy atom. The molecule has 1 aliphatic rings. The first-order valence-corrected chi connectivity index (χ1v) is 6.21. The molecule has 0 N–H and O–H groups in total. The van der Waals surface area contributed by atoms with Crippen molar-refractivity contribution in [1.29, 1.82) is 0 Å². The summed E-state index contributed by atoms with van der Waals surface area (Å²) >= 11 is 0. The highest BCUT2D eigenvalue weighted by Gasteiger charge is 2.37. The Bertz CT molecular complexity index is 658. The number of carbonyl (C=O) groups is 2. The van der Waals surface area contributed by atoms with Gasteiger partial charge in [-0.25, -0.2) is 4.90 Å². The number of carbonyl (C=O) groups excluding carboxylic acids is 2. The fourth-order valence-electron chi connectivity index (χ4n) is 2.20. The zero-order valence-electron chi connectivity index (χ0n) is 11.2. The van der Waals surface area contributed by atoms with Crippen molar-refractivity contribution in [2.24, 2.45) is 0 Å². The van der Waals surface area contributed by atoms with Crippen LogP contribution in [0.1, 0.15) is 20.8 Å². The van der Waals surface area contributed by atoms with Crippen LogP contribution in [-0.2, 0) is 0 Å². The second kappa shape index (κ2) is 4.45. The van der Waals surface area contributed by atoms with E-state index in [1.807, 2.05) is 31.1 Å². The van der Waals surface area contributed by atoms with Gasteiger partial charge in [-0.2, -0.15) is 0 Å². The Morgan fingerprint density at radius 3 is 2.30 bits per heavy atom.